The second kappa shape index (κ2) is 4.82. The molecule has 0 aliphatic carbocycles. The minimum Gasteiger partial charge on any atom is -0.493 e. The summed E-state index contributed by atoms with van der Waals surface area (Å²) in [7, 11) is 0. The minimum absolute atomic E-state index is 0.194. The molecule has 0 bridgehead atoms. The van der Waals surface area contributed by atoms with Gasteiger partial charge in [0.1, 0.15) is 5.75 Å². The molecule has 0 amide bonds. The number of aromatic amines is 1. The molecule has 94 valence electrons. The van der Waals surface area contributed by atoms with Crippen molar-refractivity contribution < 1.29 is 4.74 Å². The molecule has 1 aliphatic rings. The van der Waals surface area contributed by atoms with Gasteiger partial charge in [0.25, 0.3) is 0 Å². The molecule has 4 nitrogen and oxygen atoms in total. The van der Waals surface area contributed by atoms with Crippen LogP contribution in [0.4, 0.5) is 0 Å². The number of hydrogen-bond acceptors (Lipinski definition) is 3. The Labute approximate surface area is 106 Å². The van der Waals surface area contributed by atoms with Crippen LogP contribution in [0.15, 0.2) is 30.6 Å². The summed E-state index contributed by atoms with van der Waals surface area (Å²) in [6.07, 6.45) is 4.82. The molecular formula is C14H17N3O. The first-order valence-corrected chi connectivity index (χ1v) is 6.36. The average molecular weight is 243 g/mol. The zero-order valence-electron chi connectivity index (χ0n) is 10.4. The summed E-state index contributed by atoms with van der Waals surface area (Å²) in [5.41, 5.74) is 3.73. The van der Waals surface area contributed by atoms with E-state index >= 15 is 0 Å². The summed E-state index contributed by atoms with van der Waals surface area (Å²) in [5, 5.41) is 10.4. The lowest BCUT2D eigenvalue weighted by Crippen LogP contribution is -2.21. The zero-order valence-corrected chi connectivity index (χ0v) is 10.4. The monoisotopic (exact) mass is 243 g/mol. The van der Waals surface area contributed by atoms with Gasteiger partial charge in [-0.3, -0.25) is 5.10 Å². The van der Waals surface area contributed by atoms with Crippen LogP contribution in [0.3, 0.4) is 0 Å². The number of rotatable bonds is 4. The van der Waals surface area contributed by atoms with Crippen LogP contribution in [0.5, 0.6) is 5.75 Å². The van der Waals surface area contributed by atoms with E-state index in [0.717, 1.165) is 30.9 Å². The van der Waals surface area contributed by atoms with Crippen molar-refractivity contribution in [2.24, 2.45) is 0 Å². The second-order valence-corrected chi connectivity index (χ2v) is 4.49. The SMILES string of the molecule is CCNC(c1cn[nH]c1)c1ccc2c(c1)CCO2. The Hall–Kier alpha value is -1.81. The van der Waals surface area contributed by atoms with E-state index in [9.17, 15) is 0 Å². The first-order valence-electron chi connectivity index (χ1n) is 6.36. The Morgan fingerprint density at radius 2 is 2.39 bits per heavy atom. The highest BCUT2D eigenvalue weighted by molar-refractivity contribution is 5.42. The first kappa shape index (κ1) is 11.3. The highest BCUT2D eigenvalue weighted by Crippen LogP contribution is 2.30. The third-order valence-electron chi connectivity index (χ3n) is 3.31. The van der Waals surface area contributed by atoms with Crippen molar-refractivity contribution in [3.8, 4) is 5.75 Å². The van der Waals surface area contributed by atoms with E-state index in [-0.39, 0.29) is 6.04 Å². The van der Waals surface area contributed by atoms with Gasteiger partial charge < -0.3 is 10.1 Å². The maximum Gasteiger partial charge on any atom is 0.122 e. The molecule has 0 spiro atoms. The van der Waals surface area contributed by atoms with Crippen LogP contribution in [-0.2, 0) is 6.42 Å². The van der Waals surface area contributed by atoms with E-state index in [1.807, 2.05) is 12.4 Å². The Kier molecular flexibility index (Phi) is 3.02. The lowest BCUT2D eigenvalue weighted by molar-refractivity contribution is 0.357. The van der Waals surface area contributed by atoms with Crippen molar-refractivity contribution in [2.75, 3.05) is 13.2 Å². The van der Waals surface area contributed by atoms with Gasteiger partial charge in [0.15, 0.2) is 0 Å². The molecule has 1 atom stereocenters. The van der Waals surface area contributed by atoms with Crippen molar-refractivity contribution in [3.05, 3.63) is 47.3 Å². The number of aromatic nitrogens is 2. The van der Waals surface area contributed by atoms with Gasteiger partial charge in [0.2, 0.25) is 0 Å². The molecule has 4 heteroatoms. The summed E-state index contributed by atoms with van der Waals surface area (Å²) >= 11 is 0. The largest absolute Gasteiger partial charge is 0.493 e. The van der Waals surface area contributed by atoms with E-state index in [4.69, 9.17) is 4.74 Å². The molecule has 2 heterocycles. The maximum atomic E-state index is 5.54. The lowest BCUT2D eigenvalue weighted by Gasteiger charge is -2.17. The summed E-state index contributed by atoms with van der Waals surface area (Å²) in [6.45, 7) is 3.84. The Morgan fingerprint density at radius 3 is 3.17 bits per heavy atom. The molecule has 3 rings (SSSR count). The van der Waals surface area contributed by atoms with Crippen molar-refractivity contribution >= 4 is 0 Å². The predicted octanol–water partition coefficient (Wildman–Crippen LogP) is 2.04. The number of fused-ring (bicyclic) bond motifs is 1. The van der Waals surface area contributed by atoms with Crippen LogP contribution in [0.1, 0.15) is 29.7 Å². The molecule has 2 N–H and O–H groups in total. The topological polar surface area (TPSA) is 49.9 Å². The molecule has 0 radical (unpaired) electrons. The van der Waals surface area contributed by atoms with Crippen molar-refractivity contribution in [3.63, 3.8) is 0 Å². The Balaban J connectivity index is 1.95. The number of nitrogens with zero attached hydrogens (tertiary/aromatic N) is 1. The van der Waals surface area contributed by atoms with Crippen LogP contribution in [0.25, 0.3) is 0 Å². The van der Waals surface area contributed by atoms with Gasteiger partial charge in [0.05, 0.1) is 18.8 Å². The first-order chi connectivity index (χ1) is 8.88. The fourth-order valence-electron chi connectivity index (χ4n) is 2.44. The Morgan fingerprint density at radius 1 is 1.44 bits per heavy atom. The fourth-order valence-corrected chi connectivity index (χ4v) is 2.44. The van der Waals surface area contributed by atoms with Gasteiger partial charge in [-0.25, -0.2) is 0 Å². The van der Waals surface area contributed by atoms with E-state index in [0.29, 0.717) is 0 Å². The summed E-state index contributed by atoms with van der Waals surface area (Å²) in [6, 6.07) is 6.63. The number of benzene rings is 1. The van der Waals surface area contributed by atoms with Crippen molar-refractivity contribution in [1.29, 1.82) is 0 Å². The minimum atomic E-state index is 0.194. The summed E-state index contributed by atoms with van der Waals surface area (Å²) in [5.74, 6) is 1.03. The molecule has 0 saturated carbocycles. The summed E-state index contributed by atoms with van der Waals surface area (Å²) in [4.78, 5) is 0. The number of ether oxygens (including phenoxy) is 1. The van der Waals surface area contributed by atoms with E-state index < -0.39 is 0 Å². The van der Waals surface area contributed by atoms with Gasteiger partial charge in [-0.2, -0.15) is 5.10 Å². The quantitative estimate of drug-likeness (QED) is 0.864. The van der Waals surface area contributed by atoms with Gasteiger partial charge in [-0.15, -0.1) is 0 Å². The molecular weight excluding hydrogens is 226 g/mol. The molecule has 1 aromatic carbocycles. The standard InChI is InChI=1S/C14H17N3O/c1-2-15-14(12-8-16-17-9-12)11-3-4-13-10(7-11)5-6-18-13/h3-4,7-9,14-15H,2,5-6H2,1H3,(H,16,17). The van der Waals surface area contributed by atoms with Gasteiger partial charge in [0, 0.05) is 18.2 Å². The van der Waals surface area contributed by atoms with Crippen LogP contribution >= 0.6 is 0 Å². The molecule has 1 unspecified atom stereocenters. The molecule has 18 heavy (non-hydrogen) atoms. The summed E-state index contributed by atoms with van der Waals surface area (Å²) < 4.78 is 5.54. The maximum absolute atomic E-state index is 5.54. The molecule has 0 saturated heterocycles. The lowest BCUT2D eigenvalue weighted by atomic mass is 9.98. The molecule has 1 aliphatic heterocycles. The highest BCUT2D eigenvalue weighted by atomic mass is 16.5. The van der Waals surface area contributed by atoms with E-state index in [1.54, 1.807) is 0 Å². The third-order valence-corrected chi connectivity index (χ3v) is 3.31. The van der Waals surface area contributed by atoms with Crippen LogP contribution in [0, 0.1) is 0 Å². The molecule has 1 aromatic heterocycles. The van der Waals surface area contributed by atoms with E-state index in [2.05, 4.69) is 40.6 Å². The van der Waals surface area contributed by atoms with Gasteiger partial charge in [-0.05, 0) is 23.7 Å². The van der Waals surface area contributed by atoms with Gasteiger partial charge >= 0.3 is 0 Å². The average Bonchev–Trinajstić information content (AvgIpc) is 3.05. The number of nitrogens with one attached hydrogen (secondary N) is 2. The van der Waals surface area contributed by atoms with Crippen LogP contribution < -0.4 is 10.1 Å². The fraction of sp³-hybridized carbons (Fsp3) is 0.357. The van der Waals surface area contributed by atoms with E-state index in [1.165, 1.54) is 11.1 Å². The van der Waals surface area contributed by atoms with Crippen molar-refractivity contribution in [1.82, 2.24) is 15.5 Å². The second-order valence-electron chi connectivity index (χ2n) is 4.49. The molecule has 0 fully saturated rings. The predicted molar refractivity (Wildman–Crippen MR) is 69.7 cm³/mol. The van der Waals surface area contributed by atoms with Crippen LogP contribution in [0.2, 0.25) is 0 Å². The number of hydrogen-bond donors (Lipinski definition) is 2. The normalized spacial score (nSPS) is 15.2. The van der Waals surface area contributed by atoms with Crippen molar-refractivity contribution in [2.45, 2.75) is 19.4 Å². The third kappa shape index (κ3) is 1.99. The Bertz CT molecular complexity index is 522. The smallest absolute Gasteiger partial charge is 0.122 e. The highest BCUT2D eigenvalue weighted by Gasteiger charge is 2.18. The molecule has 2 aromatic rings. The van der Waals surface area contributed by atoms with Gasteiger partial charge in [-0.1, -0.05) is 19.1 Å². The number of H-pyrrole nitrogens is 1. The zero-order chi connectivity index (χ0) is 12.4. The van der Waals surface area contributed by atoms with Crippen LogP contribution in [-0.4, -0.2) is 23.3 Å².